The van der Waals surface area contributed by atoms with E-state index in [1.807, 2.05) is 30.0 Å². The summed E-state index contributed by atoms with van der Waals surface area (Å²) in [7, 11) is 0. The lowest BCUT2D eigenvalue weighted by atomic mass is 10.2. The van der Waals surface area contributed by atoms with Gasteiger partial charge in [0.1, 0.15) is 0 Å². The van der Waals surface area contributed by atoms with Crippen molar-refractivity contribution in [3.63, 3.8) is 0 Å². The molecule has 1 aromatic rings. The molecule has 0 aliphatic rings. The third kappa shape index (κ3) is 3.99. The molecule has 0 radical (unpaired) electrons. The van der Waals surface area contributed by atoms with Crippen molar-refractivity contribution in [1.29, 1.82) is 0 Å². The molecule has 0 N–H and O–H groups in total. The first-order chi connectivity index (χ1) is 7.15. The highest BCUT2D eigenvalue weighted by atomic mass is 79.9. The molecule has 3 heteroatoms. The zero-order valence-electron chi connectivity index (χ0n) is 9.05. The fourth-order valence-corrected chi connectivity index (χ4v) is 2.90. The zero-order chi connectivity index (χ0) is 11.3. The average molecular weight is 287 g/mol. The Balaban J connectivity index is 2.70. The predicted molar refractivity (Wildman–Crippen MR) is 69.8 cm³/mol. The molecule has 0 fully saturated rings. The molecule has 0 atom stereocenters. The van der Waals surface area contributed by atoms with E-state index in [4.69, 9.17) is 0 Å². The number of hydrogen-bond donors (Lipinski definition) is 0. The van der Waals surface area contributed by atoms with Gasteiger partial charge in [-0.25, -0.2) is 0 Å². The molecular formula is C12H15BrOS. The molecule has 0 heterocycles. The predicted octanol–water partition coefficient (Wildman–Crippen LogP) is 4.54. The number of Topliss-reactive ketones (excluding diaryl/α,β-unsaturated/α-hetero) is 1. The van der Waals surface area contributed by atoms with Gasteiger partial charge in [-0.3, -0.25) is 4.79 Å². The van der Waals surface area contributed by atoms with Crippen molar-refractivity contribution in [2.75, 3.05) is 5.75 Å². The van der Waals surface area contributed by atoms with Gasteiger partial charge in [-0.1, -0.05) is 19.4 Å². The van der Waals surface area contributed by atoms with E-state index in [-0.39, 0.29) is 5.78 Å². The number of rotatable bonds is 5. The van der Waals surface area contributed by atoms with Crippen LogP contribution in [-0.2, 0) is 0 Å². The minimum Gasteiger partial charge on any atom is -0.295 e. The van der Waals surface area contributed by atoms with E-state index in [1.165, 1.54) is 17.7 Å². The average Bonchev–Trinajstić information content (AvgIpc) is 2.20. The largest absolute Gasteiger partial charge is 0.295 e. The summed E-state index contributed by atoms with van der Waals surface area (Å²) in [6, 6.07) is 5.80. The molecule has 1 aromatic carbocycles. The molecule has 0 bridgehead atoms. The Morgan fingerprint density at radius 1 is 1.47 bits per heavy atom. The molecule has 15 heavy (non-hydrogen) atoms. The maximum atomic E-state index is 11.1. The Labute approximate surface area is 104 Å². The van der Waals surface area contributed by atoms with Gasteiger partial charge < -0.3 is 0 Å². The van der Waals surface area contributed by atoms with Gasteiger partial charge in [0.25, 0.3) is 0 Å². The lowest BCUT2D eigenvalue weighted by Gasteiger charge is -2.05. The number of carbonyl (C=O) groups is 1. The second kappa shape index (κ2) is 6.33. The van der Waals surface area contributed by atoms with Crippen molar-refractivity contribution >= 4 is 33.5 Å². The Bertz CT molecular complexity index is 349. The SMILES string of the molecule is CCCCSc1ccc(C(C)=O)cc1Br. The number of carbonyl (C=O) groups excluding carboxylic acids is 1. The van der Waals surface area contributed by atoms with Crippen LogP contribution in [0.2, 0.25) is 0 Å². The molecule has 82 valence electrons. The van der Waals surface area contributed by atoms with Crippen molar-refractivity contribution in [2.45, 2.75) is 31.6 Å². The van der Waals surface area contributed by atoms with Gasteiger partial charge in [-0.05, 0) is 47.2 Å². The Morgan fingerprint density at radius 3 is 2.73 bits per heavy atom. The Morgan fingerprint density at radius 2 is 2.20 bits per heavy atom. The van der Waals surface area contributed by atoms with Crippen LogP contribution in [0.4, 0.5) is 0 Å². The van der Waals surface area contributed by atoms with Crippen LogP contribution < -0.4 is 0 Å². The Kier molecular flexibility index (Phi) is 5.40. The lowest BCUT2D eigenvalue weighted by molar-refractivity contribution is 0.101. The van der Waals surface area contributed by atoms with Gasteiger partial charge in [0.05, 0.1) is 0 Å². The minimum absolute atomic E-state index is 0.112. The van der Waals surface area contributed by atoms with Crippen LogP contribution in [0, 0.1) is 0 Å². The standard InChI is InChI=1S/C12H15BrOS/c1-3-4-7-15-12-6-5-10(9(2)14)8-11(12)13/h5-6,8H,3-4,7H2,1-2H3. The highest BCUT2D eigenvalue weighted by Crippen LogP contribution is 2.29. The van der Waals surface area contributed by atoms with E-state index in [9.17, 15) is 4.79 Å². The molecule has 0 aromatic heterocycles. The van der Waals surface area contributed by atoms with Gasteiger partial charge in [0, 0.05) is 14.9 Å². The summed E-state index contributed by atoms with van der Waals surface area (Å²) in [6.45, 7) is 3.78. The quantitative estimate of drug-likeness (QED) is 0.449. The van der Waals surface area contributed by atoms with Gasteiger partial charge in [-0.15, -0.1) is 11.8 Å². The number of ketones is 1. The number of unbranched alkanes of at least 4 members (excludes halogenated alkanes) is 1. The Hall–Kier alpha value is -0.280. The van der Waals surface area contributed by atoms with Crippen molar-refractivity contribution in [1.82, 2.24) is 0 Å². The molecule has 0 saturated carbocycles. The second-order valence-corrected chi connectivity index (χ2v) is 5.39. The molecular weight excluding hydrogens is 272 g/mol. The maximum Gasteiger partial charge on any atom is 0.159 e. The van der Waals surface area contributed by atoms with Crippen LogP contribution in [0.3, 0.4) is 0 Å². The third-order valence-corrected chi connectivity index (χ3v) is 4.17. The fraction of sp³-hybridized carbons (Fsp3) is 0.417. The summed E-state index contributed by atoms with van der Waals surface area (Å²) in [4.78, 5) is 12.4. The van der Waals surface area contributed by atoms with Gasteiger partial charge in [-0.2, -0.15) is 0 Å². The summed E-state index contributed by atoms with van der Waals surface area (Å²) in [5.74, 6) is 1.25. The van der Waals surface area contributed by atoms with E-state index in [0.29, 0.717) is 0 Å². The van der Waals surface area contributed by atoms with Gasteiger partial charge in [0.2, 0.25) is 0 Å². The normalized spacial score (nSPS) is 10.3. The highest BCUT2D eigenvalue weighted by Gasteiger charge is 2.04. The molecule has 0 spiro atoms. The van der Waals surface area contributed by atoms with E-state index in [0.717, 1.165) is 15.8 Å². The lowest BCUT2D eigenvalue weighted by Crippen LogP contribution is -1.92. The number of benzene rings is 1. The molecule has 0 aliphatic carbocycles. The monoisotopic (exact) mass is 286 g/mol. The number of thioether (sulfide) groups is 1. The van der Waals surface area contributed by atoms with Crippen molar-refractivity contribution in [3.05, 3.63) is 28.2 Å². The molecule has 1 nitrogen and oxygen atoms in total. The van der Waals surface area contributed by atoms with Gasteiger partial charge >= 0.3 is 0 Å². The van der Waals surface area contributed by atoms with Crippen molar-refractivity contribution < 1.29 is 4.79 Å². The molecule has 0 unspecified atom stereocenters. The van der Waals surface area contributed by atoms with Crippen LogP contribution in [0.5, 0.6) is 0 Å². The van der Waals surface area contributed by atoms with Crippen LogP contribution >= 0.6 is 27.7 Å². The van der Waals surface area contributed by atoms with E-state index in [1.54, 1.807) is 6.92 Å². The van der Waals surface area contributed by atoms with Crippen LogP contribution in [0.25, 0.3) is 0 Å². The van der Waals surface area contributed by atoms with Gasteiger partial charge in [0.15, 0.2) is 5.78 Å². The smallest absolute Gasteiger partial charge is 0.159 e. The van der Waals surface area contributed by atoms with Crippen LogP contribution in [0.1, 0.15) is 37.0 Å². The molecule has 1 rings (SSSR count). The van der Waals surface area contributed by atoms with Crippen molar-refractivity contribution in [2.24, 2.45) is 0 Å². The first kappa shape index (κ1) is 12.8. The molecule has 0 amide bonds. The molecule has 0 aliphatic heterocycles. The summed E-state index contributed by atoms with van der Waals surface area (Å²) in [6.07, 6.45) is 2.45. The topological polar surface area (TPSA) is 17.1 Å². The first-order valence-corrected chi connectivity index (χ1v) is 6.86. The fourth-order valence-electron chi connectivity index (χ4n) is 1.16. The number of hydrogen-bond acceptors (Lipinski definition) is 2. The van der Waals surface area contributed by atoms with E-state index >= 15 is 0 Å². The van der Waals surface area contributed by atoms with Crippen molar-refractivity contribution in [3.8, 4) is 0 Å². The maximum absolute atomic E-state index is 11.1. The summed E-state index contributed by atoms with van der Waals surface area (Å²) in [5.41, 5.74) is 0.765. The summed E-state index contributed by atoms with van der Waals surface area (Å²) >= 11 is 5.33. The number of halogens is 1. The van der Waals surface area contributed by atoms with Crippen LogP contribution in [-0.4, -0.2) is 11.5 Å². The zero-order valence-corrected chi connectivity index (χ0v) is 11.5. The second-order valence-electron chi connectivity index (χ2n) is 3.40. The highest BCUT2D eigenvalue weighted by molar-refractivity contribution is 9.10. The summed E-state index contributed by atoms with van der Waals surface area (Å²) in [5, 5.41) is 0. The van der Waals surface area contributed by atoms with E-state index in [2.05, 4.69) is 22.9 Å². The van der Waals surface area contributed by atoms with E-state index < -0.39 is 0 Å². The minimum atomic E-state index is 0.112. The first-order valence-electron chi connectivity index (χ1n) is 5.08. The summed E-state index contributed by atoms with van der Waals surface area (Å²) < 4.78 is 1.02. The van der Waals surface area contributed by atoms with Crippen LogP contribution in [0.15, 0.2) is 27.6 Å². The molecule has 0 saturated heterocycles. The third-order valence-electron chi connectivity index (χ3n) is 2.09.